The Morgan fingerprint density at radius 2 is 2.08 bits per heavy atom. The number of aliphatic hydroxyl groups is 1. The number of alkyl halides is 1. The third kappa shape index (κ3) is 3.71. The van der Waals surface area contributed by atoms with E-state index in [0.717, 1.165) is 0 Å². The van der Waals surface area contributed by atoms with Crippen molar-refractivity contribution in [2.24, 2.45) is 0 Å². The maximum absolute atomic E-state index is 11.1. The summed E-state index contributed by atoms with van der Waals surface area (Å²) in [6.45, 7) is 2.47. The zero-order chi connectivity index (χ0) is 9.61. The first kappa shape index (κ1) is 12.2. The molecule has 0 aromatic rings. The summed E-state index contributed by atoms with van der Waals surface area (Å²) >= 11 is 5.25. The zero-order valence-corrected chi connectivity index (χ0v) is 8.61. The average molecular weight is 216 g/mol. The number of nitrogens with zero attached hydrogens (tertiary/aromatic N) is 1. The van der Waals surface area contributed by atoms with Crippen molar-refractivity contribution in [3.63, 3.8) is 0 Å². The molecule has 0 aromatic carbocycles. The first-order chi connectivity index (χ1) is 5.58. The van der Waals surface area contributed by atoms with Crippen LogP contribution in [-0.2, 0) is 10.0 Å². The van der Waals surface area contributed by atoms with Gasteiger partial charge < -0.3 is 5.11 Å². The van der Waals surface area contributed by atoms with Crippen molar-refractivity contribution in [1.82, 2.24) is 4.31 Å². The molecule has 1 N–H and O–H groups in total. The molecule has 0 fully saturated rings. The topological polar surface area (TPSA) is 57.6 Å². The molecule has 4 nitrogen and oxygen atoms in total. The van der Waals surface area contributed by atoms with Gasteiger partial charge in [0.1, 0.15) is 5.21 Å². The summed E-state index contributed by atoms with van der Waals surface area (Å²) < 4.78 is 23.6. The van der Waals surface area contributed by atoms with Gasteiger partial charge in [0.25, 0.3) is 0 Å². The van der Waals surface area contributed by atoms with Crippen LogP contribution in [0.4, 0.5) is 0 Å². The van der Waals surface area contributed by atoms with Gasteiger partial charge in [-0.3, -0.25) is 0 Å². The third-order valence-corrected chi connectivity index (χ3v) is 3.78. The summed E-state index contributed by atoms with van der Waals surface area (Å²) in [6.07, 6.45) is 0.448. The summed E-state index contributed by atoms with van der Waals surface area (Å²) in [5, 5.41) is 8.10. The first-order valence-electron chi connectivity index (χ1n) is 3.73. The van der Waals surface area contributed by atoms with E-state index in [-0.39, 0.29) is 6.61 Å². The number of rotatable bonds is 6. The molecule has 6 heteroatoms. The maximum atomic E-state index is 11.1. The van der Waals surface area contributed by atoms with Gasteiger partial charge in [0.2, 0.25) is 10.0 Å². The van der Waals surface area contributed by atoms with E-state index in [1.165, 1.54) is 4.31 Å². The van der Waals surface area contributed by atoms with Crippen LogP contribution in [0.15, 0.2) is 0 Å². The second-order valence-electron chi connectivity index (χ2n) is 2.29. The highest BCUT2D eigenvalue weighted by Crippen LogP contribution is 2.03. The predicted molar refractivity (Wildman–Crippen MR) is 48.6 cm³/mol. The van der Waals surface area contributed by atoms with Crippen LogP contribution in [0.1, 0.15) is 13.3 Å². The normalized spacial score (nSPS) is 12.3. The van der Waals surface area contributed by atoms with E-state index in [0.29, 0.717) is 19.5 Å². The highest BCUT2D eigenvalue weighted by atomic mass is 35.5. The molecule has 0 atom stereocenters. The molecule has 0 aromatic heterocycles. The van der Waals surface area contributed by atoms with E-state index >= 15 is 0 Å². The highest BCUT2D eigenvalue weighted by molar-refractivity contribution is 7.90. The lowest BCUT2D eigenvalue weighted by Gasteiger charge is -2.17. The van der Waals surface area contributed by atoms with Crippen molar-refractivity contribution in [2.75, 3.05) is 24.9 Å². The monoisotopic (exact) mass is 215 g/mol. The summed E-state index contributed by atoms with van der Waals surface area (Å²) in [4.78, 5) is 0. The molecule has 0 saturated carbocycles. The van der Waals surface area contributed by atoms with Crippen LogP contribution in [0.5, 0.6) is 0 Å². The number of aliphatic hydroxyl groups excluding tert-OH is 1. The Morgan fingerprint density at radius 1 is 1.50 bits per heavy atom. The molecule has 0 radical (unpaired) electrons. The summed E-state index contributed by atoms with van der Waals surface area (Å²) in [7, 11) is -3.29. The quantitative estimate of drug-likeness (QED) is 0.645. The molecule has 0 heterocycles. The van der Waals surface area contributed by atoms with Crippen LogP contribution >= 0.6 is 11.6 Å². The van der Waals surface area contributed by atoms with Crippen LogP contribution in [0.25, 0.3) is 0 Å². The van der Waals surface area contributed by atoms with Crippen molar-refractivity contribution in [2.45, 2.75) is 13.3 Å². The summed E-state index contributed by atoms with van der Waals surface area (Å²) in [5.74, 6) is 0. The van der Waals surface area contributed by atoms with E-state index in [9.17, 15) is 8.42 Å². The molecule has 12 heavy (non-hydrogen) atoms. The standard InChI is InChI=1S/C6H14ClNO3S/c1-2-8(4-3-5-9)12(10,11)6-7/h9H,2-6H2,1H3. The minimum atomic E-state index is -3.29. The molecule has 0 saturated heterocycles. The van der Waals surface area contributed by atoms with Gasteiger partial charge in [-0.15, -0.1) is 11.6 Å². The van der Waals surface area contributed by atoms with Gasteiger partial charge in [-0.1, -0.05) is 6.92 Å². The van der Waals surface area contributed by atoms with Crippen molar-refractivity contribution in [1.29, 1.82) is 0 Å². The average Bonchev–Trinajstić information content (AvgIpc) is 2.05. The second kappa shape index (κ2) is 5.75. The third-order valence-electron chi connectivity index (χ3n) is 1.45. The minimum absolute atomic E-state index is 0.00565. The first-order valence-corrected chi connectivity index (χ1v) is 5.87. The zero-order valence-electron chi connectivity index (χ0n) is 7.03. The SMILES string of the molecule is CCN(CCCO)S(=O)(=O)CCl. The van der Waals surface area contributed by atoms with Gasteiger partial charge in [-0.05, 0) is 6.42 Å². The van der Waals surface area contributed by atoms with Gasteiger partial charge in [0.05, 0.1) is 0 Å². The van der Waals surface area contributed by atoms with Crippen LogP contribution in [0.2, 0.25) is 0 Å². The Hall–Kier alpha value is 0.160. The van der Waals surface area contributed by atoms with Crippen molar-refractivity contribution in [3.8, 4) is 0 Å². The Morgan fingerprint density at radius 3 is 2.42 bits per heavy atom. The van der Waals surface area contributed by atoms with E-state index in [1.807, 2.05) is 0 Å². The van der Waals surface area contributed by atoms with Crippen LogP contribution in [0.3, 0.4) is 0 Å². The fourth-order valence-corrected chi connectivity index (χ4v) is 2.16. The number of hydrogen-bond acceptors (Lipinski definition) is 3. The number of hydrogen-bond donors (Lipinski definition) is 1. The second-order valence-corrected chi connectivity index (χ2v) is 4.84. The van der Waals surface area contributed by atoms with Crippen molar-refractivity contribution >= 4 is 21.6 Å². The summed E-state index contributed by atoms with van der Waals surface area (Å²) in [6, 6.07) is 0. The highest BCUT2D eigenvalue weighted by Gasteiger charge is 2.17. The predicted octanol–water partition coefficient (Wildman–Crippen LogP) is 0.217. The van der Waals surface area contributed by atoms with Crippen LogP contribution < -0.4 is 0 Å². The Kier molecular flexibility index (Phi) is 5.82. The molecule has 0 aliphatic heterocycles. The lowest BCUT2D eigenvalue weighted by Crippen LogP contribution is -2.32. The molecule has 0 rings (SSSR count). The number of sulfonamides is 1. The molecule has 0 aliphatic carbocycles. The number of halogens is 1. The lowest BCUT2D eigenvalue weighted by atomic mass is 10.4. The van der Waals surface area contributed by atoms with E-state index < -0.39 is 15.2 Å². The van der Waals surface area contributed by atoms with Gasteiger partial charge in [0.15, 0.2) is 0 Å². The van der Waals surface area contributed by atoms with Gasteiger partial charge in [-0.2, -0.15) is 0 Å². The smallest absolute Gasteiger partial charge is 0.228 e. The molecule has 74 valence electrons. The van der Waals surface area contributed by atoms with E-state index in [4.69, 9.17) is 16.7 Å². The molecule has 0 amide bonds. The molecule has 0 unspecified atom stereocenters. The largest absolute Gasteiger partial charge is 0.396 e. The minimum Gasteiger partial charge on any atom is -0.396 e. The van der Waals surface area contributed by atoms with Crippen molar-refractivity contribution in [3.05, 3.63) is 0 Å². The molecule has 0 aliphatic rings. The van der Waals surface area contributed by atoms with Gasteiger partial charge in [0, 0.05) is 19.7 Å². The summed E-state index contributed by atoms with van der Waals surface area (Å²) in [5.41, 5.74) is 0. The van der Waals surface area contributed by atoms with Crippen LogP contribution in [0, 0.1) is 0 Å². The Labute approximate surface area is 78.2 Å². The fraction of sp³-hybridized carbons (Fsp3) is 1.00. The van der Waals surface area contributed by atoms with Crippen LogP contribution in [-0.4, -0.2) is 42.7 Å². The molecule has 0 bridgehead atoms. The van der Waals surface area contributed by atoms with Gasteiger partial charge >= 0.3 is 0 Å². The van der Waals surface area contributed by atoms with E-state index in [1.54, 1.807) is 6.92 Å². The Bertz CT molecular complexity index is 205. The fourth-order valence-electron chi connectivity index (χ4n) is 0.810. The molecular weight excluding hydrogens is 202 g/mol. The molecule has 0 spiro atoms. The Balaban J connectivity index is 4.15. The maximum Gasteiger partial charge on any atom is 0.228 e. The molecular formula is C6H14ClNO3S. The van der Waals surface area contributed by atoms with Crippen molar-refractivity contribution < 1.29 is 13.5 Å². The van der Waals surface area contributed by atoms with Gasteiger partial charge in [-0.25, -0.2) is 12.7 Å². The lowest BCUT2D eigenvalue weighted by molar-refractivity contribution is 0.271. The van der Waals surface area contributed by atoms with E-state index in [2.05, 4.69) is 0 Å².